The van der Waals surface area contributed by atoms with E-state index < -0.39 is 22.7 Å². The van der Waals surface area contributed by atoms with E-state index in [1.165, 1.54) is 0 Å². The number of hydrogen-bond acceptors (Lipinski definition) is 4. The van der Waals surface area contributed by atoms with Crippen LogP contribution in [0.5, 0.6) is 0 Å². The van der Waals surface area contributed by atoms with Crippen molar-refractivity contribution in [3.05, 3.63) is 12.2 Å². The van der Waals surface area contributed by atoms with E-state index in [1.807, 2.05) is 12.2 Å². The molecule has 4 aliphatic rings. The Morgan fingerprint density at radius 1 is 0.969 bits per heavy atom. The molecule has 32 heavy (non-hydrogen) atoms. The van der Waals surface area contributed by atoms with Crippen LogP contribution in [0.15, 0.2) is 12.2 Å². The van der Waals surface area contributed by atoms with E-state index in [0.717, 1.165) is 32.1 Å². The number of hydrogen-bond donors (Lipinski definition) is 3. The van der Waals surface area contributed by atoms with Crippen LogP contribution < -0.4 is 0 Å². The Balaban J connectivity index is 1.61. The Labute approximate surface area is 194 Å². The molecule has 4 heteroatoms. The molecule has 0 bridgehead atoms. The maximum absolute atomic E-state index is 13.2. The summed E-state index contributed by atoms with van der Waals surface area (Å²) >= 11 is 0. The van der Waals surface area contributed by atoms with Crippen molar-refractivity contribution < 1.29 is 20.1 Å². The van der Waals surface area contributed by atoms with Gasteiger partial charge in [0.2, 0.25) is 0 Å². The van der Waals surface area contributed by atoms with E-state index in [2.05, 4.69) is 41.5 Å². The molecule has 0 radical (unpaired) electrons. The molecule has 0 unspecified atom stereocenters. The summed E-state index contributed by atoms with van der Waals surface area (Å²) in [6, 6.07) is 0. The first-order valence-electron chi connectivity index (χ1n) is 13.1. The number of Topliss-reactive ketones (excluding diaryl/α,β-unsaturated/α-hetero) is 1. The maximum Gasteiger partial charge on any atom is 0.136 e. The van der Waals surface area contributed by atoms with Crippen molar-refractivity contribution >= 4 is 5.78 Å². The average molecular weight is 447 g/mol. The van der Waals surface area contributed by atoms with Gasteiger partial charge in [-0.15, -0.1) is 0 Å². The normalized spacial score (nSPS) is 49.8. The van der Waals surface area contributed by atoms with Gasteiger partial charge in [0.25, 0.3) is 0 Å². The summed E-state index contributed by atoms with van der Waals surface area (Å²) in [4.78, 5) is 13.2. The molecule has 0 amide bonds. The third-order valence-electron chi connectivity index (χ3n) is 11.2. The van der Waals surface area contributed by atoms with Gasteiger partial charge in [0.15, 0.2) is 0 Å². The van der Waals surface area contributed by atoms with Crippen molar-refractivity contribution in [3.8, 4) is 0 Å². The summed E-state index contributed by atoms with van der Waals surface area (Å²) in [5, 5.41) is 34.0. The van der Waals surface area contributed by atoms with Crippen LogP contribution in [0, 0.1) is 46.3 Å². The SMILES string of the molecule is CC(C)[C@@H](C)CC(=O)[C@@H](C)[C@H]1CC[C@H]2[C@@]3(O)C=C[C@@]4(O)C[C@@H](O)CC[C@]4(C)[C@H]3CC[C@]12C. The van der Waals surface area contributed by atoms with Crippen LogP contribution >= 0.6 is 0 Å². The van der Waals surface area contributed by atoms with Gasteiger partial charge in [0, 0.05) is 30.1 Å². The lowest BCUT2D eigenvalue weighted by atomic mass is 9.43. The van der Waals surface area contributed by atoms with Crippen LogP contribution in [-0.4, -0.2) is 38.4 Å². The lowest BCUT2D eigenvalue weighted by Gasteiger charge is -2.64. The molecule has 0 spiro atoms. The molecular weight excluding hydrogens is 400 g/mol. The van der Waals surface area contributed by atoms with Crippen molar-refractivity contribution in [1.82, 2.24) is 0 Å². The van der Waals surface area contributed by atoms with Crippen LogP contribution in [0.1, 0.15) is 92.9 Å². The molecule has 0 aromatic heterocycles. The minimum Gasteiger partial charge on any atom is -0.393 e. The Hall–Kier alpha value is -0.710. The second kappa shape index (κ2) is 7.92. The van der Waals surface area contributed by atoms with Gasteiger partial charge in [-0.2, -0.15) is 0 Å². The summed E-state index contributed by atoms with van der Waals surface area (Å²) in [5.74, 6) is 1.72. The third kappa shape index (κ3) is 3.38. The van der Waals surface area contributed by atoms with E-state index >= 15 is 0 Å². The van der Waals surface area contributed by atoms with Crippen LogP contribution in [0.3, 0.4) is 0 Å². The highest BCUT2D eigenvalue weighted by Gasteiger charge is 2.68. The van der Waals surface area contributed by atoms with E-state index in [9.17, 15) is 20.1 Å². The van der Waals surface area contributed by atoms with Crippen molar-refractivity contribution in [2.45, 2.75) is 110 Å². The summed E-state index contributed by atoms with van der Waals surface area (Å²) in [5.41, 5.74) is -2.49. The summed E-state index contributed by atoms with van der Waals surface area (Å²) in [7, 11) is 0. The van der Waals surface area contributed by atoms with Crippen LogP contribution in [0.4, 0.5) is 0 Å². The van der Waals surface area contributed by atoms with Crippen molar-refractivity contribution in [2.75, 3.05) is 0 Å². The highest BCUT2D eigenvalue weighted by molar-refractivity contribution is 5.81. The number of aliphatic hydroxyl groups excluding tert-OH is 1. The van der Waals surface area contributed by atoms with Crippen molar-refractivity contribution in [2.24, 2.45) is 46.3 Å². The second-order valence-electron chi connectivity index (χ2n) is 13.0. The molecule has 182 valence electrons. The predicted octanol–water partition coefficient (Wildman–Crippen LogP) is 4.90. The van der Waals surface area contributed by atoms with Gasteiger partial charge in [-0.1, -0.05) is 53.7 Å². The van der Waals surface area contributed by atoms with Gasteiger partial charge in [0.05, 0.1) is 17.3 Å². The Kier molecular flexibility index (Phi) is 6.04. The lowest BCUT2D eigenvalue weighted by Crippen LogP contribution is -2.67. The van der Waals surface area contributed by atoms with Gasteiger partial charge < -0.3 is 15.3 Å². The first-order valence-corrected chi connectivity index (χ1v) is 13.1. The molecule has 0 aromatic rings. The number of rotatable bonds is 5. The highest BCUT2D eigenvalue weighted by Crippen LogP contribution is 2.68. The molecule has 10 atom stereocenters. The molecule has 3 N–H and O–H groups in total. The molecule has 0 saturated heterocycles. The Morgan fingerprint density at radius 2 is 1.66 bits per heavy atom. The molecule has 4 nitrogen and oxygen atoms in total. The minimum atomic E-state index is -1.05. The fourth-order valence-electron chi connectivity index (χ4n) is 8.54. The topological polar surface area (TPSA) is 77.8 Å². The van der Waals surface area contributed by atoms with Gasteiger partial charge in [-0.25, -0.2) is 0 Å². The zero-order valence-electron chi connectivity index (χ0n) is 21.1. The molecule has 3 fully saturated rings. The molecule has 4 rings (SSSR count). The third-order valence-corrected chi connectivity index (χ3v) is 11.2. The van der Waals surface area contributed by atoms with Crippen LogP contribution in [0.25, 0.3) is 0 Å². The standard InChI is InChI=1S/C28H46O4/c1-17(2)18(3)15-22(30)19(4)21-7-8-23-25(21,5)11-10-24-26(6)12-9-20(29)16-27(26,31)13-14-28(23,24)32/h13-14,17-21,23-24,29,31-32H,7-12,15-16H2,1-6H3/t18-,19-,20-,21+,23+,24+,25+,26+,27+,28-/m0/s1. The van der Waals surface area contributed by atoms with Crippen molar-refractivity contribution in [1.29, 1.82) is 0 Å². The minimum absolute atomic E-state index is 0.0127. The zero-order chi connectivity index (χ0) is 23.7. The zero-order valence-corrected chi connectivity index (χ0v) is 21.1. The molecule has 3 saturated carbocycles. The van der Waals surface area contributed by atoms with Gasteiger partial charge in [0.1, 0.15) is 5.78 Å². The quantitative estimate of drug-likeness (QED) is 0.525. The first kappa shape index (κ1) is 24.4. The largest absolute Gasteiger partial charge is 0.393 e. The van der Waals surface area contributed by atoms with Crippen LogP contribution in [0.2, 0.25) is 0 Å². The predicted molar refractivity (Wildman–Crippen MR) is 127 cm³/mol. The average Bonchev–Trinajstić information content (AvgIpc) is 3.07. The van der Waals surface area contributed by atoms with E-state index in [0.29, 0.717) is 42.8 Å². The highest BCUT2D eigenvalue weighted by atomic mass is 16.3. The fourth-order valence-corrected chi connectivity index (χ4v) is 8.54. The molecule has 0 heterocycles. The first-order chi connectivity index (χ1) is 14.8. The number of aliphatic hydroxyl groups is 3. The van der Waals surface area contributed by atoms with Gasteiger partial charge in [-0.3, -0.25) is 4.79 Å². The van der Waals surface area contributed by atoms with E-state index in [4.69, 9.17) is 0 Å². The number of carbonyl (C=O) groups excluding carboxylic acids is 1. The second-order valence-corrected chi connectivity index (χ2v) is 13.0. The maximum atomic E-state index is 13.2. The Morgan fingerprint density at radius 3 is 2.31 bits per heavy atom. The van der Waals surface area contributed by atoms with Crippen LogP contribution in [-0.2, 0) is 4.79 Å². The molecule has 0 aromatic carbocycles. The van der Waals surface area contributed by atoms with E-state index in [-0.39, 0.29) is 23.2 Å². The molecule has 0 aliphatic heterocycles. The summed E-state index contributed by atoms with van der Waals surface area (Å²) in [6.45, 7) is 13.1. The van der Waals surface area contributed by atoms with Gasteiger partial charge >= 0.3 is 0 Å². The number of fused-ring (bicyclic) bond motifs is 5. The van der Waals surface area contributed by atoms with Gasteiger partial charge in [-0.05, 0) is 67.6 Å². The Bertz CT molecular complexity index is 775. The monoisotopic (exact) mass is 446 g/mol. The number of ketones is 1. The summed E-state index contributed by atoms with van der Waals surface area (Å²) in [6.07, 6.45) is 9.46. The number of carbonyl (C=O) groups is 1. The summed E-state index contributed by atoms with van der Waals surface area (Å²) < 4.78 is 0. The van der Waals surface area contributed by atoms with Crippen molar-refractivity contribution in [3.63, 3.8) is 0 Å². The lowest BCUT2D eigenvalue weighted by molar-refractivity contribution is -0.220. The molecule has 4 aliphatic carbocycles. The van der Waals surface area contributed by atoms with E-state index in [1.54, 1.807) is 0 Å². The smallest absolute Gasteiger partial charge is 0.136 e. The molecular formula is C28H46O4. The fraction of sp³-hybridized carbons (Fsp3) is 0.893.